The van der Waals surface area contributed by atoms with Crippen molar-refractivity contribution in [2.24, 2.45) is 11.7 Å². The summed E-state index contributed by atoms with van der Waals surface area (Å²) in [5, 5.41) is 0. The molecule has 0 spiro atoms. The maximum atomic E-state index is 6.31. The fraction of sp³-hybridized carbons (Fsp3) is 0.667. The minimum Gasteiger partial charge on any atom is -0.372 e. The van der Waals surface area contributed by atoms with Crippen molar-refractivity contribution in [1.82, 2.24) is 0 Å². The topological polar surface area (TPSA) is 35.2 Å². The molecule has 1 saturated carbocycles. The predicted octanol–water partition coefficient (Wildman–Crippen LogP) is 4.37. The van der Waals surface area contributed by atoms with Crippen LogP contribution in [0.25, 0.3) is 0 Å². The van der Waals surface area contributed by atoms with Crippen molar-refractivity contribution in [1.29, 1.82) is 0 Å². The van der Waals surface area contributed by atoms with Gasteiger partial charge in [0.05, 0.1) is 12.7 Å². The summed E-state index contributed by atoms with van der Waals surface area (Å²) in [4.78, 5) is 0. The monoisotopic (exact) mass is 275 g/mol. The van der Waals surface area contributed by atoms with Gasteiger partial charge in [0.25, 0.3) is 0 Å². The second-order valence-electron chi connectivity index (χ2n) is 6.19. The Kier molecular flexibility index (Phi) is 6.06. The minimum atomic E-state index is 0.0446. The van der Waals surface area contributed by atoms with Gasteiger partial charge in [-0.15, -0.1) is 0 Å². The van der Waals surface area contributed by atoms with E-state index in [9.17, 15) is 0 Å². The maximum Gasteiger partial charge on any atom is 0.0978 e. The molecule has 2 heteroatoms. The number of rotatable bonds is 6. The molecule has 20 heavy (non-hydrogen) atoms. The van der Waals surface area contributed by atoms with Gasteiger partial charge in [-0.25, -0.2) is 0 Å². The zero-order chi connectivity index (χ0) is 14.4. The van der Waals surface area contributed by atoms with E-state index in [2.05, 4.69) is 38.1 Å². The van der Waals surface area contributed by atoms with Gasteiger partial charge in [-0.2, -0.15) is 0 Å². The van der Waals surface area contributed by atoms with Crippen molar-refractivity contribution in [3.8, 4) is 0 Å². The standard InChI is InChI=1S/C18H29NO/c1-3-17(19)18(16-12-8-7-9-14(16)2)20-13-15-10-5-4-6-11-15/h7-9,12,15,17-18H,3-6,10-11,13,19H2,1-2H3. The summed E-state index contributed by atoms with van der Waals surface area (Å²) in [5.74, 6) is 0.735. The highest BCUT2D eigenvalue weighted by Gasteiger charge is 2.23. The third kappa shape index (κ3) is 4.07. The molecule has 0 saturated heterocycles. The number of aryl methyl sites for hydroxylation is 1. The first-order valence-corrected chi connectivity index (χ1v) is 8.15. The Bertz CT molecular complexity index is 398. The van der Waals surface area contributed by atoms with Gasteiger partial charge < -0.3 is 10.5 Å². The van der Waals surface area contributed by atoms with Crippen LogP contribution in [0.15, 0.2) is 24.3 Å². The first-order chi connectivity index (χ1) is 9.72. The van der Waals surface area contributed by atoms with Crippen molar-refractivity contribution in [3.05, 3.63) is 35.4 Å². The second-order valence-corrected chi connectivity index (χ2v) is 6.19. The molecule has 112 valence electrons. The lowest BCUT2D eigenvalue weighted by Crippen LogP contribution is -2.31. The summed E-state index contributed by atoms with van der Waals surface area (Å²) in [7, 11) is 0. The first kappa shape index (κ1) is 15.5. The average Bonchev–Trinajstić information content (AvgIpc) is 2.50. The van der Waals surface area contributed by atoms with E-state index in [4.69, 9.17) is 10.5 Å². The molecule has 2 N–H and O–H groups in total. The lowest BCUT2D eigenvalue weighted by molar-refractivity contribution is 0.00407. The summed E-state index contributed by atoms with van der Waals surface area (Å²) in [6.45, 7) is 5.15. The van der Waals surface area contributed by atoms with Crippen molar-refractivity contribution in [3.63, 3.8) is 0 Å². The third-order valence-corrected chi connectivity index (χ3v) is 4.59. The van der Waals surface area contributed by atoms with Gasteiger partial charge in [0.15, 0.2) is 0 Å². The largest absolute Gasteiger partial charge is 0.372 e. The summed E-state index contributed by atoms with van der Waals surface area (Å²) in [5.41, 5.74) is 8.85. The lowest BCUT2D eigenvalue weighted by Gasteiger charge is -2.29. The second kappa shape index (κ2) is 7.80. The van der Waals surface area contributed by atoms with Crippen molar-refractivity contribution in [2.75, 3.05) is 6.61 Å². The van der Waals surface area contributed by atoms with E-state index >= 15 is 0 Å². The molecule has 1 fully saturated rings. The van der Waals surface area contributed by atoms with E-state index in [1.54, 1.807) is 0 Å². The first-order valence-electron chi connectivity index (χ1n) is 8.15. The molecule has 2 atom stereocenters. The molecule has 0 aliphatic heterocycles. The molecule has 2 rings (SSSR count). The molecule has 1 aliphatic carbocycles. The van der Waals surface area contributed by atoms with Gasteiger partial charge in [-0.3, -0.25) is 0 Å². The SMILES string of the molecule is CCC(N)C(OCC1CCCCC1)c1ccccc1C. The van der Waals surface area contributed by atoms with Gasteiger partial charge >= 0.3 is 0 Å². The van der Waals surface area contributed by atoms with Crippen LogP contribution in [0.4, 0.5) is 0 Å². The molecule has 1 aromatic carbocycles. The van der Waals surface area contributed by atoms with E-state index in [1.165, 1.54) is 43.2 Å². The molecular weight excluding hydrogens is 246 g/mol. The van der Waals surface area contributed by atoms with E-state index in [1.807, 2.05) is 0 Å². The number of ether oxygens (including phenoxy) is 1. The fourth-order valence-corrected chi connectivity index (χ4v) is 3.16. The van der Waals surface area contributed by atoms with E-state index < -0.39 is 0 Å². The predicted molar refractivity (Wildman–Crippen MR) is 84.7 cm³/mol. The Morgan fingerprint density at radius 3 is 2.55 bits per heavy atom. The number of benzene rings is 1. The molecule has 0 radical (unpaired) electrons. The third-order valence-electron chi connectivity index (χ3n) is 4.59. The minimum absolute atomic E-state index is 0.0446. The average molecular weight is 275 g/mol. The molecule has 0 bridgehead atoms. The molecule has 0 heterocycles. The summed E-state index contributed by atoms with van der Waals surface area (Å²) in [6.07, 6.45) is 7.76. The number of hydrogen-bond donors (Lipinski definition) is 1. The Morgan fingerprint density at radius 1 is 1.20 bits per heavy atom. The molecule has 1 aromatic rings. The van der Waals surface area contributed by atoms with Gasteiger partial charge in [-0.1, -0.05) is 50.5 Å². The van der Waals surface area contributed by atoms with Crippen LogP contribution < -0.4 is 5.73 Å². The molecular formula is C18H29NO. The molecule has 2 nitrogen and oxygen atoms in total. The lowest BCUT2D eigenvalue weighted by atomic mass is 9.89. The quantitative estimate of drug-likeness (QED) is 0.836. The van der Waals surface area contributed by atoms with Crippen molar-refractivity contribution >= 4 is 0 Å². The zero-order valence-electron chi connectivity index (χ0n) is 13.0. The van der Waals surface area contributed by atoms with Crippen LogP contribution in [-0.2, 0) is 4.74 Å². The zero-order valence-corrected chi connectivity index (χ0v) is 13.0. The van der Waals surface area contributed by atoms with Crippen LogP contribution in [0.1, 0.15) is 62.7 Å². The highest BCUT2D eigenvalue weighted by Crippen LogP contribution is 2.29. The van der Waals surface area contributed by atoms with Crippen LogP contribution in [-0.4, -0.2) is 12.6 Å². The van der Waals surface area contributed by atoms with E-state index in [0.717, 1.165) is 18.9 Å². The molecule has 1 aliphatic rings. The van der Waals surface area contributed by atoms with Gasteiger partial charge in [0.1, 0.15) is 0 Å². The Balaban J connectivity index is 2.02. The Hall–Kier alpha value is -0.860. The van der Waals surface area contributed by atoms with Gasteiger partial charge in [0.2, 0.25) is 0 Å². The van der Waals surface area contributed by atoms with Crippen molar-refractivity contribution in [2.45, 2.75) is 64.5 Å². The highest BCUT2D eigenvalue weighted by atomic mass is 16.5. The van der Waals surface area contributed by atoms with Gasteiger partial charge in [-0.05, 0) is 43.2 Å². The summed E-state index contributed by atoms with van der Waals surface area (Å²) in [6, 6.07) is 8.56. The van der Waals surface area contributed by atoms with E-state index in [-0.39, 0.29) is 12.1 Å². The molecule has 0 amide bonds. The molecule has 2 unspecified atom stereocenters. The van der Waals surface area contributed by atoms with E-state index in [0.29, 0.717) is 0 Å². The van der Waals surface area contributed by atoms with Crippen LogP contribution in [0.5, 0.6) is 0 Å². The smallest absolute Gasteiger partial charge is 0.0978 e. The maximum absolute atomic E-state index is 6.31. The van der Waals surface area contributed by atoms with Crippen LogP contribution in [0.2, 0.25) is 0 Å². The fourth-order valence-electron chi connectivity index (χ4n) is 3.16. The summed E-state index contributed by atoms with van der Waals surface area (Å²) >= 11 is 0. The summed E-state index contributed by atoms with van der Waals surface area (Å²) < 4.78 is 6.28. The number of hydrogen-bond acceptors (Lipinski definition) is 2. The molecule has 0 aromatic heterocycles. The number of nitrogens with two attached hydrogens (primary N) is 1. The van der Waals surface area contributed by atoms with Crippen LogP contribution >= 0.6 is 0 Å². The highest BCUT2D eigenvalue weighted by molar-refractivity contribution is 5.28. The van der Waals surface area contributed by atoms with Crippen LogP contribution in [0, 0.1) is 12.8 Å². The Morgan fingerprint density at radius 2 is 1.90 bits per heavy atom. The Labute approximate surface area is 123 Å². The van der Waals surface area contributed by atoms with Gasteiger partial charge in [0, 0.05) is 6.04 Å². The van der Waals surface area contributed by atoms with Crippen molar-refractivity contribution < 1.29 is 4.74 Å². The normalized spacial score (nSPS) is 19.8. The van der Waals surface area contributed by atoms with Crippen LogP contribution in [0.3, 0.4) is 0 Å².